The Balaban J connectivity index is 2.47. The van der Waals surface area contributed by atoms with Gasteiger partial charge in [-0.05, 0) is 44.5 Å². The third-order valence-corrected chi connectivity index (χ3v) is 3.81. The first-order valence-electron chi connectivity index (χ1n) is 8.08. The summed E-state index contributed by atoms with van der Waals surface area (Å²) in [4.78, 5) is 13.4. The van der Waals surface area contributed by atoms with E-state index in [1.165, 1.54) is 5.39 Å². The molecule has 0 fully saturated rings. The second-order valence-corrected chi connectivity index (χ2v) is 6.40. The number of primary amides is 1. The van der Waals surface area contributed by atoms with Crippen molar-refractivity contribution in [3.63, 3.8) is 0 Å². The molecule has 2 aromatic carbocycles. The lowest BCUT2D eigenvalue weighted by atomic mass is 10.0. The number of carbonyl (C=O) groups is 1. The molecule has 0 aliphatic rings. The van der Waals surface area contributed by atoms with Gasteiger partial charge >= 0.3 is 0 Å². The normalized spacial score (nSPS) is 11.6. The first-order valence-corrected chi connectivity index (χ1v) is 8.08. The molecule has 2 rings (SSSR count). The average Bonchev–Trinajstić information content (AvgIpc) is 2.47. The molecule has 0 spiro atoms. The molecule has 1 amide bonds. The molecule has 23 heavy (non-hydrogen) atoms. The van der Waals surface area contributed by atoms with Gasteiger partial charge in [-0.15, -0.1) is 0 Å². The van der Waals surface area contributed by atoms with Gasteiger partial charge in [-0.1, -0.05) is 30.3 Å². The number of nitrogens with two attached hydrogens (primary N) is 1. The van der Waals surface area contributed by atoms with Gasteiger partial charge in [0.1, 0.15) is 5.75 Å². The van der Waals surface area contributed by atoms with Gasteiger partial charge < -0.3 is 10.5 Å². The zero-order chi connectivity index (χ0) is 17.0. The van der Waals surface area contributed by atoms with Gasteiger partial charge in [0.2, 0.25) is 5.91 Å². The molecule has 0 aromatic heterocycles. The highest BCUT2D eigenvalue weighted by atomic mass is 16.5. The lowest BCUT2D eigenvalue weighted by molar-refractivity contribution is -0.119. The number of fused-ring (bicyclic) bond motifs is 1. The van der Waals surface area contributed by atoms with E-state index < -0.39 is 0 Å². The maximum absolute atomic E-state index is 11.4. The fourth-order valence-corrected chi connectivity index (χ4v) is 2.67. The third-order valence-electron chi connectivity index (χ3n) is 3.81. The molecule has 0 aliphatic heterocycles. The minimum Gasteiger partial charge on any atom is -0.491 e. The summed E-state index contributed by atoms with van der Waals surface area (Å²) in [6.45, 7) is 9.03. The average molecular weight is 314 g/mol. The van der Waals surface area contributed by atoms with Crippen LogP contribution in [0.1, 0.15) is 33.3 Å². The topological polar surface area (TPSA) is 55.6 Å². The molecule has 2 aromatic rings. The maximum atomic E-state index is 11.4. The largest absolute Gasteiger partial charge is 0.491 e. The van der Waals surface area contributed by atoms with Crippen LogP contribution in [0.5, 0.6) is 5.75 Å². The number of amides is 1. The Labute approximate surface area is 138 Å². The Kier molecular flexibility index (Phi) is 5.61. The standard InChI is InChI=1S/C19H26N2O2/c1-13(2)21(12-19(20)22)11-17-16-8-6-5-7-15(16)9-10-18(17)23-14(3)4/h5-10,13-14H,11-12H2,1-4H3,(H2,20,22). The van der Waals surface area contributed by atoms with Gasteiger partial charge in [0, 0.05) is 18.2 Å². The summed E-state index contributed by atoms with van der Waals surface area (Å²) in [5, 5.41) is 2.32. The molecule has 0 aliphatic carbocycles. The van der Waals surface area contributed by atoms with Crippen LogP contribution in [0.25, 0.3) is 10.8 Å². The van der Waals surface area contributed by atoms with Crippen molar-refractivity contribution in [1.82, 2.24) is 4.90 Å². The van der Waals surface area contributed by atoms with Crippen LogP contribution in [-0.4, -0.2) is 29.5 Å². The first-order chi connectivity index (χ1) is 10.9. The zero-order valence-corrected chi connectivity index (χ0v) is 14.4. The molecule has 124 valence electrons. The Morgan fingerprint density at radius 2 is 1.83 bits per heavy atom. The summed E-state index contributed by atoms with van der Waals surface area (Å²) in [7, 11) is 0. The summed E-state index contributed by atoms with van der Waals surface area (Å²) in [5.74, 6) is 0.555. The molecular formula is C19H26N2O2. The predicted molar refractivity (Wildman–Crippen MR) is 94.5 cm³/mol. The van der Waals surface area contributed by atoms with Crippen LogP contribution in [-0.2, 0) is 11.3 Å². The minimum absolute atomic E-state index is 0.0959. The van der Waals surface area contributed by atoms with Crippen molar-refractivity contribution in [2.45, 2.75) is 46.4 Å². The van der Waals surface area contributed by atoms with Gasteiger partial charge in [-0.25, -0.2) is 0 Å². The van der Waals surface area contributed by atoms with E-state index >= 15 is 0 Å². The molecule has 4 nitrogen and oxygen atoms in total. The van der Waals surface area contributed by atoms with E-state index in [1.54, 1.807) is 0 Å². The van der Waals surface area contributed by atoms with Crippen LogP contribution >= 0.6 is 0 Å². The lowest BCUT2D eigenvalue weighted by Crippen LogP contribution is -2.38. The van der Waals surface area contributed by atoms with Crippen LogP contribution in [0, 0.1) is 0 Å². The molecule has 0 heterocycles. The molecule has 4 heteroatoms. The number of rotatable bonds is 7. The highest BCUT2D eigenvalue weighted by Crippen LogP contribution is 2.30. The van der Waals surface area contributed by atoms with Crippen molar-refractivity contribution in [2.75, 3.05) is 6.54 Å². The van der Waals surface area contributed by atoms with E-state index in [2.05, 4.69) is 36.9 Å². The first kappa shape index (κ1) is 17.3. The van der Waals surface area contributed by atoms with E-state index in [9.17, 15) is 4.79 Å². The second-order valence-electron chi connectivity index (χ2n) is 6.40. The predicted octanol–water partition coefficient (Wildman–Crippen LogP) is 3.32. The van der Waals surface area contributed by atoms with E-state index in [0.717, 1.165) is 16.7 Å². The second kappa shape index (κ2) is 7.47. The highest BCUT2D eigenvalue weighted by molar-refractivity contribution is 5.87. The highest BCUT2D eigenvalue weighted by Gasteiger charge is 2.18. The van der Waals surface area contributed by atoms with Crippen molar-refractivity contribution >= 4 is 16.7 Å². The lowest BCUT2D eigenvalue weighted by Gasteiger charge is -2.27. The SMILES string of the molecule is CC(C)Oc1ccc2ccccc2c1CN(CC(N)=O)C(C)C. The quantitative estimate of drug-likeness (QED) is 0.853. The van der Waals surface area contributed by atoms with Crippen molar-refractivity contribution < 1.29 is 9.53 Å². The molecule has 0 radical (unpaired) electrons. The van der Waals surface area contributed by atoms with Crippen LogP contribution < -0.4 is 10.5 Å². The fourth-order valence-electron chi connectivity index (χ4n) is 2.67. The number of nitrogens with zero attached hydrogens (tertiary/aromatic N) is 1. The number of ether oxygens (including phenoxy) is 1. The smallest absolute Gasteiger partial charge is 0.231 e. The van der Waals surface area contributed by atoms with Crippen LogP contribution in [0.15, 0.2) is 36.4 Å². The molecule has 0 atom stereocenters. The third kappa shape index (κ3) is 4.45. The summed E-state index contributed by atoms with van der Waals surface area (Å²) in [5.41, 5.74) is 6.51. The molecule has 0 bridgehead atoms. The Morgan fingerprint density at radius 3 is 2.43 bits per heavy atom. The van der Waals surface area contributed by atoms with E-state index in [0.29, 0.717) is 6.54 Å². The van der Waals surface area contributed by atoms with Gasteiger partial charge in [0.15, 0.2) is 0 Å². The number of benzene rings is 2. The molecule has 2 N–H and O–H groups in total. The van der Waals surface area contributed by atoms with Crippen LogP contribution in [0.3, 0.4) is 0 Å². The van der Waals surface area contributed by atoms with Gasteiger partial charge in [-0.2, -0.15) is 0 Å². The molecule has 0 unspecified atom stereocenters. The van der Waals surface area contributed by atoms with Gasteiger partial charge in [0.25, 0.3) is 0 Å². The summed E-state index contributed by atoms with van der Waals surface area (Å²) in [6.07, 6.45) is 0.0959. The molecule has 0 saturated heterocycles. The van der Waals surface area contributed by atoms with E-state index in [1.807, 2.05) is 32.0 Å². The Bertz CT molecular complexity index is 680. The van der Waals surface area contributed by atoms with Crippen molar-refractivity contribution in [1.29, 1.82) is 0 Å². The van der Waals surface area contributed by atoms with Crippen molar-refractivity contribution in [2.24, 2.45) is 5.73 Å². The van der Waals surface area contributed by atoms with Crippen molar-refractivity contribution in [3.05, 3.63) is 42.0 Å². The Hall–Kier alpha value is -2.07. The molecular weight excluding hydrogens is 288 g/mol. The van der Waals surface area contributed by atoms with Gasteiger partial charge in [-0.3, -0.25) is 9.69 Å². The monoisotopic (exact) mass is 314 g/mol. The van der Waals surface area contributed by atoms with Crippen LogP contribution in [0.4, 0.5) is 0 Å². The summed E-state index contributed by atoms with van der Waals surface area (Å²) >= 11 is 0. The summed E-state index contributed by atoms with van der Waals surface area (Å²) < 4.78 is 6.00. The number of hydrogen-bond acceptors (Lipinski definition) is 3. The number of hydrogen-bond donors (Lipinski definition) is 1. The summed E-state index contributed by atoms with van der Waals surface area (Å²) in [6, 6.07) is 12.5. The van der Waals surface area contributed by atoms with E-state index in [-0.39, 0.29) is 24.6 Å². The maximum Gasteiger partial charge on any atom is 0.231 e. The fraction of sp³-hybridized carbons (Fsp3) is 0.421. The van der Waals surface area contributed by atoms with E-state index in [4.69, 9.17) is 10.5 Å². The minimum atomic E-state index is -0.315. The Morgan fingerprint density at radius 1 is 1.13 bits per heavy atom. The number of carbonyl (C=O) groups excluding carboxylic acids is 1. The van der Waals surface area contributed by atoms with Crippen LogP contribution in [0.2, 0.25) is 0 Å². The zero-order valence-electron chi connectivity index (χ0n) is 14.4. The van der Waals surface area contributed by atoms with Gasteiger partial charge in [0.05, 0.1) is 12.6 Å². The van der Waals surface area contributed by atoms with Crippen molar-refractivity contribution in [3.8, 4) is 5.75 Å². The molecule has 0 saturated carbocycles.